The number of aromatic nitrogens is 3. The summed E-state index contributed by atoms with van der Waals surface area (Å²) < 4.78 is 1.80. The van der Waals surface area contributed by atoms with Gasteiger partial charge in [0, 0.05) is 12.6 Å². The lowest BCUT2D eigenvalue weighted by Crippen LogP contribution is -2.12. The summed E-state index contributed by atoms with van der Waals surface area (Å²) >= 11 is 1.18. The summed E-state index contributed by atoms with van der Waals surface area (Å²) in [6.07, 6.45) is 0. The van der Waals surface area contributed by atoms with Gasteiger partial charge in [0.05, 0.1) is 0 Å². The molecule has 0 saturated carbocycles. The van der Waals surface area contributed by atoms with Gasteiger partial charge in [-0.1, -0.05) is 42.1 Å². The van der Waals surface area contributed by atoms with Crippen LogP contribution >= 0.6 is 11.8 Å². The highest BCUT2D eigenvalue weighted by atomic mass is 32.2. The molecule has 2 rings (SSSR count). The van der Waals surface area contributed by atoms with Crippen LogP contribution in [0.5, 0.6) is 0 Å². The molecule has 94 valence electrons. The molecule has 0 spiro atoms. The number of benzene rings is 1. The molecule has 1 aromatic carbocycles. The highest BCUT2D eigenvalue weighted by Crippen LogP contribution is 2.25. The first-order valence-electron chi connectivity index (χ1n) is 5.44. The van der Waals surface area contributed by atoms with E-state index in [1.165, 1.54) is 11.8 Å². The third kappa shape index (κ3) is 2.53. The molecule has 0 bridgehead atoms. The summed E-state index contributed by atoms with van der Waals surface area (Å²) in [5.74, 6) is -0.125. The topological polar surface area (TPSA) is 68.0 Å². The Morgan fingerprint density at radius 1 is 1.33 bits per heavy atom. The van der Waals surface area contributed by atoms with Crippen LogP contribution in [0.3, 0.4) is 0 Å². The monoisotopic (exact) mass is 263 g/mol. The molecule has 0 fully saturated rings. The van der Waals surface area contributed by atoms with Crippen LogP contribution in [0.25, 0.3) is 11.4 Å². The fourth-order valence-corrected chi connectivity index (χ4v) is 2.21. The molecule has 0 saturated heterocycles. The zero-order valence-corrected chi connectivity index (χ0v) is 10.9. The van der Waals surface area contributed by atoms with Crippen LogP contribution in [0.2, 0.25) is 0 Å². The van der Waals surface area contributed by atoms with Gasteiger partial charge < -0.3 is 9.67 Å². The summed E-state index contributed by atoms with van der Waals surface area (Å²) in [5.41, 5.74) is 0.960. The second-order valence-electron chi connectivity index (χ2n) is 3.83. The molecule has 5 nitrogen and oxygen atoms in total. The first-order chi connectivity index (χ1) is 8.59. The minimum Gasteiger partial charge on any atom is -0.480 e. The largest absolute Gasteiger partial charge is 0.480 e. The van der Waals surface area contributed by atoms with Crippen LogP contribution in [0, 0.1) is 0 Å². The van der Waals surface area contributed by atoms with Crippen LogP contribution in [-0.4, -0.2) is 31.1 Å². The molecule has 6 heteroatoms. The van der Waals surface area contributed by atoms with E-state index >= 15 is 0 Å². The van der Waals surface area contributed by atoms with Crippen LogP contribution in [0.1, 0.15) is 6.92 Å². The van der Waals surface area contributed by atoms with E-state index in [4.69, 9.17) is 5.11 Å². The number of carboxylic acid groups (broad SMARTS) is 1. The van der Waals surface area contributed by atoms with Gasteiger partial charge in [0.15, 0.2) is 11.0 Å². The Kier molecular flexibility index (Phi) is 3.66. The molecule has 1 atom stereocenters. The molecule has 1 aromatic heterocycles. The molecule has 18 heavy (non-hydrogen) atoms. The summed E-state index contributed by atoms with van der Waals surface area (Å²) in [6.45, 7) is 1.63. The van der Waals surface area contributed by atoms with Gasteiger partial charge in [0.25, 0.3) is 0 Å². The van der Waals surface area contributed by atoms with Gasteiger partial charge in [-0.25, -0.2) is 0 Å². The van der Waals surface area contributed by atoms with Crippen molar-refractivity contribution in [2.45, 2.75) is 17.3 Å². The number of hydrogen-bond acceptors (Lipinski definition) is 4. The van der Waals surface area contributed by atoms with E-state index in [0.29, 0.717) is 5.16 Å². The molecule has 0 unspecified atom stereocenters. The Hall–Kier alpha value is -1.82. The number of aliphatic carboxylic acids is 1. The van der Waals surface area contributed by atoms with E-state index in [1.807, 2.05) is 37.4 Å². The van der Waals surface area contributed by atoms with Crippen molar-refractivity contribution < 1.29 is 9.90 Å². The average Bonchev–Trinajstić information content (AvgIpc) is 2.72. The molecule has 0 aliphatic rings. The summed E-state index contributed by atoms with van der Waals surface area (Å²) in [4.78, 5) is 10.8. The maximum absolute atomic E-state index is 10.8. The summed E-state index contributed by atoms with van der Waals surface area (Å²) in [6, 6.07) is 9.67. The SMILES string of the molecule is C[C@@H](Sc1nnc(-c2ccccc2)n1C)C(=O)O. The van der Waals surface area contributed by atoms with Crippen molar-refractivity contribution in [1.29, 1.82) is 0 Å². The van der Waals surface area contributed by atoms with E-state index in [0.717, 1.165) is 11.4 Å². The highest BCUT2D eigenvalue weighted by Gasteiger charge is 2.18. The van der Waals surface area contributed by atoms with Crippen molar-refractivity contribution in [2.75, 3.05) is 0 Å². The van der Waals surface area contributed by atoms with E-state index in [2.05, 4.69) is 10.2 Å². The average molecular weight is 263 g/mol. The quantitative estimate of drug-likeness (QED) is 0.855. The van der Waals surface area contributed by atoms with Gasteiger partial charge in [-0.2, -0.15) is 0 Å². The normalized spacial score (nSPS) is 12.3. The third-order valence-electron chi connectivity index (χ3n) is 2.50. The Morgan fingerprint density at radius 2 is 2.00 bits per heavy atom. The van der Waals surface area contributed by atoms with E-state index in [-0.39, 0.29) is 0 Å². The number of nitrogens with zero attached hydrogens (tertiary/aromatic N) is 3. The van der Waals surface area contributed by atoms with Crippen molar-refractivity contribution >= 4 is 17.7 Å². The number of hydrogen-bond donors (Lipinski definition) is 1. The fraction of sp³-hybridized carbons (Fsp3) is 0.250. The smallest absolute Gasteiger partial charge is 0.316 e. The van der Waals surface area contributed by atoms with E-state index in [9.17, 15) is 4.79 Å². The van der Waals surface area contributed by atoms with E-state index in [1.54, 1.807) is 11.5 Å². The van der Waals surface area contributed by atoms with Crippen LogP contribution in [0.15, 0.2) is 35.5 Å². The second-order valence-corrected chi connectivity index (χ2v) is 5.14. The van der Waals surface area contributed by atoms with Crippen molar-refractivity contribution in [1.82, 2.24) is 14.8 Å². The predicted molar refractivity (Wildman–Crippen MR) is 69.4 cm³/mol. The first-order valence-corrected chi connectivity index (χ1v) is 6.32. The molecular formula is C12H13N3O2S. The summed E-state index contributed by atoms with van der Waals surface area (Å²) in [7, 11) is 1.83. The first kappa shape index (κ1) is 12.6. The number of carboxylic acids is 1. The molecule has 0 aliphatic carbocycles. The van der Waals surface area contributed by atoms with E-state index < -0.39 is 11.2 Å². The van der Waals surface area contributed by atoms with Crippen LogP contribution in [-0.2, 0) is 11.8 Å². The zero-order chi connectivity index (χ0) is 13.1. The standard InChI is InChI=1S/C12H13N3O2S/c1-8(11(16)17)18-12-14-13-10(15(12)2)9-6-4-3-5-7-9/h3-8H,1-2H3,(H,16,17)/t8-/m1/s1. The summed E-state index contributed by atoms with van der Waals surface area (Å²) in [5, 5.41) is 17.1. The molecule has 0 radical (unpaired) electrons. The maximum atomic E-state index is 10.8. The molecule has 1 heterocycles. The molecule has 0 amide bonds. The van der Waals surface area contributed by atoms with Crippen molar-refractivity contribution in [3.05, 3.63) is 30.3 Å². The lowest BCUT2D eigenvalue weighted by Gasteiger charge is -2.06. The lowest BCUT2D eigenvalue weighted by molar-refractivity contribution is -0.136. The Bertz CT molecular complexity index is 554. The maximum Gasteiger partial charge on any atom is 0.316 e. The van der Waals surface area contributed by atoms with Crippen molar-refractivity contribution in [3.8, 4) is 11.4 Å². The number of thioether (sulfide) groups is 1. The van der Waals surface area contributed by atoms with Gasteiger partial charge in [-0.15, -0.1) is 10.2 Å². The third-order valence-corrected chi connectivity index (χ3v) is 3.62. The molecule has 1 N–H and O–H groups in total. The van der Waals surface area contributed by atoms with Crippen molar-refractivity contribution in [2.24, 2.45) is 7.05 Å². The Labute approximate surface area is 109 Å². The molecule has 2 aromatic rings. The van der Waals surface area contributed by atoms with Crippen molar-refractivity contribution in [3.63, 3.8) is 0 Å². The Balaban J connectivity index is 2.27. The zero-order valence-electron chi connectivity index (χ0n) is 10.1. The Morgan fingerprint density at radius 3 is 2.61 bits per heavy atom. The number of carbonyl (C=O) groups is 1. The van der Waals surface area contributed by atoms with Gasteiger partial charge in [0.1, 0.15) is 5.25 Å². The second kappa shape index (κ2) is 5.22. The fourth-order valence-electron chi connectivity index (χ4n) is 1.46. The van der Waals surface area contributed by atoms with Gasteiger partial charge >= 0.3 is 5.97 Å². The van der Waals surface area contributed by atoms with Gasteiger partial charge in [-0.05, 0) is 6.92 Å². The lowest BCUT2D eigenvalue weighted by atomic mass is 10.2. The van der Waals surface area contributed by atoms with Crippen LogP contribution < -0.4 is 0 Å². The van der Waals surface area contributed by atoms with Crippen LogP contribution in [0.4, 0.5) is 0 Å². The highest BCUT2D eigenvalue weighted by molar-refractivity contribution is 8.00. The van der Waals surface area contributed by atoms with Gasteiger partial charge in [0.2, 0.25) is 0 Å². The number of rotatable bonds is 4. The minimum atomic E-state index is -0.857. The minimum absolute atomic E-state index is 0.545. The molecular weight excluding hydrogens is 250 g/mol. The van der Waals surface area contributed by atoms with Gasteiger partial charge in [-0.3, -0.25) is 4.79 Å². The molecule has 0 aliphatic heterocycles. The predicted octanol–water partition coefficient (Wildman–Crippen LogP) is 2.05.